The van der Waals surface area contributed by atoms with Crippen LogP contribution in [0, 0.1) is 0 Å². The van der Waals surface area contributed by atoms with E-state index in [0.717, 1.165) is 27.9 Å². The van der Waals surface area contributed by atoms with Crippen LogP contribution in [-0.4, -0.2) is 17.5 Å². The summed E-state index contributed by atoms with van der Waals surface area (Å²) in [6.45, 7) is 2.58. The normalized spacial score (nSPS) is 10.7. The molecule has 0 radical (unpaired) electrons. The molecule has 0 saturated heterocycles. The summed E-state index contributed by atoms with van der Waals surface area (Å²) in [5.41, 5.74) is 2.86. The summed E-state index contributed by atoms with van der Waals surface area (Å²) >= 11 is 11.1. The summed E-state index contributed by atoms with van der Waals surface area (Å²) in [6.07, 6.45) is 1.97. The zero-order valence-electron chi connectivity index (χ0n) is 15.4. The SMILES string of the molecule is CCc1ccc(OCCCC(=O)Nc2nc(-c3ccccc3Cl)cs2)c(Br)c1. The van der Waals surface area contributed by atoms with E-state index < -0.39 is 0 Å². The van der Waals surface area contributed by atoms with Crippen molar-refractivity contribution in [2.45, 2.75) is 26.2 Å². The van der Waals surface area contributed by atoms with Crippen LogP contribution in [0.15, 0.2) is 52.3 Å². The van der Waals surface area contributed by atoms with E-state index >= 15 is 0 Å². The molecule has 0 unspecified atom stereocenters. The Bertz CT molecular complexity index is 961. The Kier molecular flexibility index (Phi) is 7.48. The van der Waals surface area contributed by atoms with E-state index in [4.69, 9.17) is 16.3 Å². The summed E-state index contributed by atoms with van der Waals surface area (Å²) in [5, 5.41) is 5.93. The van der Waals surface area contributed by atoms with E-state index in [1.807, 2.05) is 41.8 Å². The second kappa shape index (κ2) is 10.0. The minimum absolute atomic E-state index is 0.0796. The van der Waals surface area contributed by atoms with E-state index in [1.54, 1.807) is 0 Å². The fourth-order valence-corrected chi connectivity index (χ4v) is 4.10. The van der Waals surface area contributed by atoms with Crippen molar-refractivity contribution in [3.63, 3.8) is 0 Å². The quantitative estimate of drug-likeness (QED) is 0.371. The largest absolute Gasteiger partial charge is 0.492 e. The molecule has 0 bridgehead atoms. The lowest BCUT2D eigenvalue weighted by molar-refractivity contribution is -0.116. The van der Waals surface area contributed by atoms with Crippen molar-refractivity contribution < 1.29 is 9.53 Å². The van der Waals surface area contributed by atoms with Crippen LogP contribution in [0.1, 0.15) is 25.3 Å². The Hall–Kier alpha value is -1.89. The van der Waals surface area contributed by atoms with Gasteiger partial charge in [0.15, 0.2) is 5.13 Å². The second-order valence-corrected chi connectivity index (χ2v) is 8.26. The monoisotopic (exact) mass is 478 g/mol. The number of carbonyl (C=O) groups excluding carboxylic acids is 1. The third-order valence-electron chi connectivity index (χ3n) is 4.11. The lowest BCUT2D eigenvalue weighted by Crippen LogP contribution is -2.12. The number of rotatable bonds is 8. The molecule has 0 spiro atoms. The fourth-order valence-electron chi connectivity index (χ4n) is 2.60. The van der Waals surface area contributed by atoms with Crippen LogP contribution in [0.2, 0.25) is 5.02 Å². The number of ether oxygens (including phenoxy) is 1. The molecular weight excluding hydrogens is 460 g/mol. The van der Waals surface area contributed by atoms with Gasteiger partial charge in [0.1, 0.15) is 5.75 Å². The summed E-state index contributed by atoms with van der Waals surface area (Å²) in [5.74, 6) is 0.714. The van der Waals surface area contributed by atoms with Crippen molar-refractivity contribution in [3.05, 3.63) is 62.9 Å². The number of hydrogen-bond acceptors (Lipinski definition) is 4. The zero-order valence-corrected chi connectivity index (χ0v) is 18.5. The molecular formula is C21H20BrClN2O2S. The van der Waals surface area contributed by atoms with Crippen LogP contribution in [0.5, 0.6) is 5.75 Å². The first kappa shape index (κ1) is 20.8. The van der Waals surface area contributed by atoms with Gasteiger partial charge in [-0.25, -0.2) is 4.98 Å². The average Bonchev–Trinajstić information content (AvgIpc) is 3.14. The van der Waals surface area contributed by atoms with E-state index in [2.05, 4.69) is 39.2 Å². The number of nitrogens with zero attached hydrogens (tertiary/aromatic N) is 1. The van der Waals surface area contributed by atoms with Gasteiger partial charge in [0, 0.05) is 22.4 Å². The second-order valence-electron chi connectivity index (χ2n) is 6.14. The molecule has 1 amide bonds. The van der Waals surface area contributed by atoms with Gasteiger partial charge >= 0.3 is 0 Å². The summed E-state index contributed by atoms with van der Waals surface area (Å²) in [7, 11) is 0. The van der Waals surface area contributed by atoms with Crippen LogP contribution in [0.25, 0.3) is 11.3 Å². The first-order valence-corrected chi connectivity index (χ1v) is 11.0. The number of aromatic nitrogens is 1. The van der Waals surface area contributed by atoms with Gasteiger partial charge in [-0.2, -0.15) is 0 Å². The molecule has 0 aliphatic rings. The van der Waals surface area contributed by atoms with Gasteiger partial charge < -0.3 is 10.1 Å². The molecule has 1 aromatic heterocycles. The molecule has 0 saturated carbocycles. The van der Waals surface area contributed by atoms with Gasteiger partial charge in [0.2, 0.25) is 5.91 Å². The van der Waals surface area contributed by atoms with Crippen LogP contribution in [0.3, 0.4) is 0 Å². The molecule has 3 aromatic rings. The zero-order chi connectivity index (χ0) is 19.9. The molecule has 2 aromatic carbocycles. The van der Waals surface area contributed by atoms with Crippen LogP contribution < -0.4 is 10.1 Å². The number of anilines is 1. The van der Waals surface area contributed by atoms with Gasteiger partial charge in [-0.3, -0.25) is 4.79 Å². The molecule has 0 atom stereocenters. The van der Waals surface area contributed by atoms with Crippen molar-refractivity contribution in [2.75, 3.05) is 11.9 Å². The highest BCUT2D eigenvalue weighted by Crippen LogP contribution is 2.30. The highest BCUT2D eigenvalue weighted by atomic mass is 79.9. The Balaban J connectivity index is 1.46. The van der Waals surface area contributed by atoms with Gasteiger partial charge in [-0.1, -0.05) is 42.8 Å². The van der Waals surface area contributed by atoms with Gasteiger partial charge in [-0.15, -0.1) is 11.3 Å². The predicted octanol–water partition coefficient (Wildman–Crippen LogP) is 6.59. The number of carbonyl (C=O) groups is 1. The van der Waals surface area contributed by atoms with Crippen LogP contribution >= 0.6 is 38.9 Å². The standard InChI is InChI=1S/C21H20BrClN2O2S/c1-2-14-9-10-19(16(22)12-14)27-11-5-8-20(26)25-21-24-18(13-28-21)15-6-3-4-7-17(15)23/h3-4,6-7,9-10,12-13H,2,5,8,11H2,1H3,(H,24,25,26). The molecule has 28 heavy (non-hydrogen) atoms. The lowest BCUT2D eigenvalue weighted by Gasteiger charge is -2.09. The summed E-state index contributed by atoms with van der Waals surface area (Å²) < 4.78 is 6.69. The molecule has 7 heteroatoms. The van der Waals surface area contributed by atoms with Crippen molar-refractivity contribution in [2.24, 2.45) is 0 Å². The van der Waals surface area contributed by atoms with Gasteiger partial charge in [0.05, 0.1) is 16.8 Å². The maximum atomic E-state index is 12.2. The number of thiazole rings is 1. The Labute approximate surface area is 182 Å². The number of benzene rings is 2. The maximum absolute atomic E-state index is 12.2. The topological polar surface area (TPSA) is 51.2 Å². The highest BCUT2D eigenvalue weighted by Gasteiger charge is 2.10. The van der Waals surface area contributed by atoms with Crippen molar-refractivity contribution >= 4 is 49.9 Å². The number of nitrogens with one attached hydrogen (secondary N) is 1. The first-order chi connectivity index (χ1) is 13.6. The molecule has 0 aliphatic carbocycles. The summed E-state index contributed by atoms with van der Waals surface area (Å²) in [6, 6.07) is 13.6. The van der Waals surface area contributed by atoms with Gasteiger partial charge in [0.25, 0.3) is 0 Å². The Morgan fingerprint density at radius 2 is 2.11 bits per heavy atom. The Morgan fingerprint density at radius 3 is 2.86 bits per heavy atom. The lowest BCUT2D eigenvalue weighted by atomic mass is 10.2. The Morgan fingerprint density at radius 1 is 1.29 bits per heavy atom. The predicted molar refractivity (Wildman–Crippen MR) is 119 cm³/mol. The summed E-state index contributed by atoms with van der Waals surface area (Å²) in [4.78, 5) is 16.6. The van der Waals surface area contributed by atoms with E-state index in [0.29, 0.717) is 29.6 Å². The minimum Gasteiger partial charge on any atom is -0.492 e. The van der Waals surface area contributed by atoms with E-state index in [1.165, 1.54) is 16.9 Å². The molecule has 1 heterocycles. The highest BCUT2D eigenvalue weighted by molar-refractivity contribution is 9.10. The number of halogens is 2. The minimum atomic E-state index is -0.0796. The van der Waals surface area contributed by atoms with Gasteiger partial charge in [-0.05, 0) is 52.5 Å². The van der Waals surface area contributed by atoms with Crippen molar-refractivity contribution in [1.82, 2.24) is 4.98 Å². The molecule has 3 rings (SSSR count). The van der Waals surface area contributed by atoms with Crippen LogP contribution in [0.4, 0.5) is 5.13 Å². The van der Waals surface area contributed by atoms with Crippen molar-refractivity contribution in [3.8, 4) is 17.0 Å². The molecule has 1 N–H and O–H groups in total. The van der Waals surface area contributed by atoms with E-state index in [-0.39, 0.29) is 5.91 Å². The van der Waals surface area contributed by atoms with Crippen molar-refractivity contribution in [1.29, 1.82) is 0 Å². The van der Waals surface area contributed by atoms with Crippen LogP contribution in [-0.2, 0) is 11.2 Å². The van der Waals surface area contributed by atoms with E-state index in [9.17, 15) is 4.79 Å². The molecule has 146 valence electrons. The fraction of sp³-hybridized carbons (Fsp3) is 0.238. The smallest absolute Gasteiger partial charge is 0.226 e. The number of amides is 1. The number of aryl methyl sites for hydroxylation is 1. The average molecular weight is 480 g/mol. The maximum Gasteiger partial charge on any atom is 0.226 e. The first-order valence-electron chi connectivity index (χ1n) is 8.98. The molecule has 0 aliphatic heterocycles. The third kappa shape index (κ3) is 5.56. The molecule has 0 fully saturated rings. The molecule has 4 nitrogen and oxygen atoms in total. The number of hydrogen-bond donors (Lipinski definition) is 1. The third-order valence-corrected chi connectivity index (χ3v) is 5.82.